The van der Waals surface area contributed by atoms with Gasteiger partial charge in [-0.1, -0.05) is 17.3 Å². The van der Waals surface area contributed by atoms with Crippen LogP contribution in [-0.2, 0) is 13.0 Å². The van der Waals surface area contributed by atoms with Crippen LogP contribution in [-0.4, -0.2) is 20.6 Å². The maximum absolute atomic E-state index is 5.90. The Balaban J connectivity index is 2.11. The summed E-state index contributed by atoms with van der Waals surface area (Å²) < 4.78 is 7.44. The Bertz CT molecular complexity index is 725. The monoisotopic (exact) mass is 289 g/mol. The second-order valence-corrected chi connectivity index (χ2v) is 5.22. The molecule has 0 aliphatic carbocycles. The number of alkyl halides is 1. The number of aryl methyl sites for hydroxylation is 3. The summed E-state index contributed by atoms with van der Waals surface area (Å²) in [5, 5.41) is 4.02. The summed E-state index contributed by atoms with van der Waals surface area (Å²) in [6.07, 6.45) is 0.750. The molecule has 3 rings (SSSR count). The highest BCUT2D eigenvalue weighted by atomic mass is 35.5. The molecule has 0 bridgehead atoms. The van der Waals surface area contributed by atoms with E-state index in [4.69, 9.17) is 16.1 Å². The predicted octanol–water partition coefficient (Wildman–Crippen LogP) is 3.47. The van der Waals surface area contributed by atoms with Gasteiger partial charge in [-0.2, -0.15) is 0 Å². The van der Waals surface area contributed by atoms with Gasteiger partial charge in [-0.25, -0.2) is 4.98 Å². The molecule has 2 aromatic heterocycles. The van der Waals surface area contributed by atoms with E-state index in [1.807, 2.05) is 32.0 Å². The van der Waals surface area contributed by atoms with E-state index in [1.165, 1.54) is 0 Å². The third-order valence-corrected chi connectivity index (χ3v) is 3.74. The Labute approximate surface area is 122 Å². The van der Waals surface area contributed by atoms with Crippen LogP contribution in [0.25, 0.3) is 11.0 Å². The number of imidazole rings is 1. The van der Waals surface area contributed by atoms with Crippen LogP contribution in [0.5, 0.6) is 0 Å². The largest absolute Gasteiger partial charge is 0.361 e. The van der Waals surface area contributed by atoms with E-state index in [2.05, 4.69) is 20.8 Å². The summed E-state index contributed by atoms with van der Waals surface area (Å²) in [6, 6.07) is 8.13. The Kier molecular flexibility index (Phi) is 3.49. The SMILES string of the molecule is Cc1noc(C)c1Cn1c(CCCl)nc2ccccc21. The lowest BCUT2D eigenvalue weighted by Crippen LogP contribution is -2.07. The average Bonchev–Trinajstić information content (AvgIpc) is 2.95. The lowest BCUT2D eigenvalue weighted by atomic mass is 10.2. The number of hydrogen-bond donors (Lipinski definition) is 0. The zero-order chi connectivity index (χ0) is 14.1. The van der Waals surface area contributed by atoms with Crippen LogP contribution in [0.1, 0.15) is 22.8 Å². The molecule has 0 spiro atoms. The molecule has 0 fully saturated rings. The highest BCUT2D eigenvalue weighted by Crippen LogP contribution is 2.21. The standard InChI is InChI=1S/C15H16ClN3O/c1-10-12(11(2)20-18-10)9-19-14-6-4-3-5-13(14)17-15(19)7-8-16/h3-6H,7-9H2,1-2H3. The molecular weight excluding hydrogens is 274 g/mol. The van der Waals surface area contributed by atoms with Crippen molar-refractivity contribution >= 4 is 22.6 Å². The first-order valence-corrected chi connectivity index (χ1v) is 7.16. The van der Waals surface area contributed by atoms with Crippen molar-refractivity contribution in [2.45, 2.75) is 26.8 Å². The minimum absolute atomic E-state index is 0.560. The van der Waals surface area contributed by atoms with Crippen LogP contribution in [0.15, 0.2) is 28.8 Å². The summed E-state index contributed by atoms with van der Waals surface area (Å²) in [7, 11) is 0. The molecule has 0 saturated carbocycles. The minimum atomic E-state index is 0.560. The van der Waals surface area contributed by atoms with E-state index in [0.29, 0.717) is 12.4 Å². The fourth-order valence-corrected chi connectivity index (χ4v) is 2.63. The number of para-hydroxylation sites is 2. The van der Waals surface area contributed by atoms with Crippen molar-refractivity contribution in [3.63, 3.8) is 0 Å². The molecule has 0 N–H and O–H groups in total. The van der Waals surface area contributed by atoms with Gasteiger partial charge in [-0.15, -0.1) is 11.6 Å². The zero-order valence-corrected chi connectivity index (χ0v) is 12.3. The van der Waals surface area contributed by atoms with Gasteiger partial charge in [0.15, 0.2) is 0 Å². The number of fused-ring (bicyclic) bond motifs is 1. The number of hydrogen-bond acceptors (Lipinski definition) is 3. The molecule has 104 valence electrons. The van der Waals surface area contributed by atoms with Crippen molar-refractivity contribution in [1.82, 2.24) is 14.7 Å². The second kappa shape index (κ2) is 5.29. The molecular formula is C15H16ClN3O. The van der Waals surface area contributed by atoms with Crippen molar-refractivity contribution in [2.75, 3.05) is 5.88 Å². The van der Waals surface area contributed by atoms with Gasteiger partial charge >= 0.3 is 0 Å². The summed E-state index contributed by atoms with van der Waals surface area (Å²) in [4.78, 5) is 4.67. The van der Waals surface area contributed by atoms with Gasteiger partial charge in [0.2, 0.25) is 0 Å². The Morgan fingerprint density at radius 3 is 2.75 bits per heavy atom. The lowest BCUT2D eigenvalue weighted by molar-refractivity contribution is 0.392. The Morgan fingerprint density at radius 1 is 1.25 bits per heavy atom. The van der Waals surface area contributed by atoms with Crippen molar-refractivity contribution in [1.29, 1.82) is 0 Å². The lowest BCUT2D eigenvalue weighted by Gasteiger charge is -2.08. The molecule has 4 nitrogen and oxygen atoms in total. The maximum atomic E-state index is 5.90. The Morgan fingerprint density at radius 2 is 2.05 bits per heavy atom. The topological polar surface area (TPSA) is 43.9 Å². The molecule has 1 aromatic carbocycles. The van der Waals surface area contributed by atoms with E-state index in [0.717, 1.165) is 40.3 Å². The molecule has 0 aliphatic rings. The second-order valence-electron chi connectivity index (χ2n) is 4.84. The van der Waals surface area contributed by atoms with Crippen LogP contribution >= 0.6 is 11.6 Å². The first kappa shape index (κ1) is 13.2. The number of benzene rings is 1. The molecule has 2 heterocycles. The van der Waals surface area contributed by atoms with Gasteiger partial charge in [0.25, 0.3) is 0 Å². The summed E-state index contributed by atoms with van der Waals surface area (Å²) in [6.45, 7) is 4.62. The van der Waals surface area contributed by atoms with Crippen molar-refractivity contribution in [2.24, 2.45) is 0 Å². The number of nitrogens with zero attached hydrogens (tertiary/aromatic N) is 3. The first-order chi connectivity index (χ1) is 9.70. The molecule has 0 amide bonds. The first-order valence-electron chi connectivity index (χ1n) is 6.62. The van der Waals surface area contributed by atoms with Crippen LogP contribution in [0.4, 0.5) is 0 Å². The highest BCUT2D eigenvalue weighted by Gasteiger charge is 2.15. The minimum Gasteiger partial charge on any atom is -0.361 e. The van der Waals surface area contributed by atoms with Crippen molar-refractivity contribution in [3.8, 4) is 0 Å². The quantitative estimate of drug-likeness (QED) is 0.691. The third-order valence-electron chi connectivity index (χ3n) is 3.55. The van der Waals surface area contributed by atoms with Gasteiger partial charge in [0, 0.05) is 17.9 Å². The van der Waals surface area contributed by atoms with Gasteiger partial charge in [-0.3, -0.25) is 0 Å². The van der Waals surface area contributed by atoms with E-state index in [9.17, 15) is 0 Å². The van der Waals surface area contributed by atoms with Crippen LogP contribution in [0.2, 0.25) is 0 Å². The number of halogens is 1. The van der Waals surface area contributed by atoms with E-state index in [-0.39, 0.29) is 0 Å². The maximum Gasteiger partial charge on any atom is 0.138 e. The van der Waals surface area contributed by atoms with E-state index >= 15 is 0 Å². The average molecular weight is 290 g/mol. The molecule has 0 unspecified atom stereocenters. The van der Waals surface area contributed by atoms with Crippen LogP contribution in [0.3, 0.4) is 0 Å². The molecule has 0 radical (unpaired) electrons. The van der Waals surface area contributed by atoms with Gasteiger partial charge in [0.1, 0.15) is 11.6 Å². The summed E-state index contributed by atoms with van der Waals surface area (Å²) in [5.74, 6) is 2.42. The zero-order valence-electron chi connectivity index (χ0n) is 11.6. The third kappa shape index (κ3) is 2.20. The van der Waals surface area contributed by atoms with Crippen LogP contribution in [0, 0.1) is 13.8 Å². The number of rotatable bonds is 4. The summed E-state index contributed by atoms with van der Waals surface area (Å²) >= 11 is 5.90. The van der Waals surface area contributed by atoms with Crippen molar-refractivity contribution in [3.05, 3.63) is 47.1 Å². The summed E-state index contributed by atoms with van der Waals surface area (Å²) in [5.41, 5.74) is 4.16. The Hall–Kier alpha value is -1.81. The fraction of sp³-hybridized carbons (Fsp3) is 0.333. The molecule has 20 heavy (non-hydrogen) atoms. The molecule has 5 heteroatoms. The highest BCUT2D eigenvalue weighted by molar-refractivity contribution is 6.17. The predicted molar refractivity (Wildman–Crippen MR) is 79.2 cm³/mol. The van der Waals surface area contributed by atoms with Gasteiger partial charge in [-0.05, 0) is 26.0 Å². The molecule has 0 saturated heterocycles. The smallest absolute Gasteiger partial charge is 0.138 e. The van der Waals surface area contributed by atoms with Crippen molar-refractivity contribution < 1.29 is 4.52 Å². The van der Waals surface area contributed by atoms with Crippen LogP contribution < -0.4 is 0 Å². The molecule has 0 aliphatic heterocycles. The molecule has 0 atom stereocenters. The van der Waals surface area contributed by atoms with Gasteiger partial charge in [0.05, 0.1) is 23.3 Å². The number of aromatic nitrogens is 3. The molecule has 3 aromatic rings. The van der Waals surface area contributed by atoms with Gasteiger partial charge < -0.3 is 9.09 Å². The normalized spacial score (nSPS) is 11.3. The fourth-order valence-electron chi connectivity index (χ4n) is 2.46. The van der Waals surface area contributed by atoms with E-state index in [1.54, 1.807) is 0 Å². The van der Waals surface area contributed by atoms with E-state index < -0.39 is 0 Å².